The molecule has 0 fully saturated rings. The fraction of sp³-hybridized carbons (Fsp3) is 0.250. The molecule has 0 aromatic heterocycles. The van der Waals surface area contributed by atoms with Crippen LogP contribution in [-0.4, -0.2) is 24.6 Å². The molecule has 0 aliphatic carbocycles. The van der Waals surface area contributed by atoms with Gasteiger partial charge in [-0.1, -0.05) is 36.4 Å². The molecule has 4 nitrogen and oxygen atoms in total. The van der Waals surface area contributed by atoms with Gasteiger partial charge in [-0.2, -0.15) is 0 Å². The first-order valence-corrected chi connectivity index (χ1v) is 10.7. The second-order valence-electron chi connectivity index (χ2n) is 6.97. The highest BCUT2D eigenvalue weighted by molar-refractivity contribution is 7.99. The Morgan fingerprint density at radius 2 is 1.79 bits per heavy atom. The fourth-order valence-corrected chi connectivity index (χ4v) is 4.02. The number of ether oxygens (including phenoxy) is 1. The van der Waals surface area contributed by atoms with Crippen molar-refractivity contribution < 1.29 is 14.3 Å². The first-order valence-electron chi connectivity index (χ1n) is 9.51. The van der Waals surface area contributed by atoms with Crippen LogP contribution in [0.3, 0.4) is 0 Å². The zero-order chi connectivity index (χ0) is 20.8. The predicted molar refractivity (Wildman–Crippen MR) is 120 cm³/mol. The van der Waals surface area contributed by atoms with E-state index in [1.165, 1.54) is 17.1 Å². The molecule has 1 N–H and O–H groups in total. The number of carbonyl (C=O) groups is 2. The molecule has 0 saturated carbocycles. The summed E-state index contributed by atoms with van der Waals surface area (Å²) in [6, 6.07) is 19.8. The first kappa shape index (κ1) is 20.9. The monoisotopic (exact) mass is 407 g/mol. The maximum atomic E-state index is 12.4. The summed E-state index contributed by atoms with van der Waals surface area (Å²) in [5.74, 6) is 1.67. The van der Waals surface area contributed by atoms with Crippen LogP contribution in [0.4, 0.5) is 0 Å². The normalized spacial score (nSPS) is 11.8. The number of rotatable bonds is 8. The Labute approximate surface area is 175 Å². The zero-order valence-electron chi connectivity index (χ0n) is 16.9. The minimum Gasteiger partial charge on any atom is -0.496 e. The lowest BCUT2D eigenvalue weighted by Crippen LogP contribution is -2.28. The van der Waals surface area contributed by atoms with Crippen LogP contribution in [0.2, 0.25) is 0 Å². The van der Waals surface area contributed by atoms with Crippen molar-refractivity contribution in [2.45, 2.75) is 25.6 Å². The molecule has 0 radical (unpaired) electrons. The van der Waals surface area contributed by atoms with E-state index < -0.39 is 0 Å². The molecule has 3 rings (SSSR count). The summed E-state index contributed by atoms with van der Waals surface area (Å²) in [6.07, 6.45) is 0. The third-order valence-corrected chi connectivity index (χ3v) is 5.81. The third-order valence-electron chi connectivity index (χ3n) is 4.83. The van der Waals surface area contributed by atoms with E-state index in [1.807, 2.05) is 25.1 Å². The largest absolute Gasteiger partial charge is 0.496 e. The zero-order valence-corrected chi connectivity index (χ0v) is 17.7. The minimum atomic E-state index is -0.0664. The number of nitrogens with one attached hydrogen (secondary N) is 1. The van der Waals surface area contributed by atoms with Crippen LogP contribution in [0.1, 0.15) is 41.4 Å². The van der Waals surface area contributed by atoms with Crippen LogP contribution in [0.5, 0.6) is 5.75 Å². The number of hydrogen-bond donors (Lipinski definition) is 1. The van der Waals surface area contributed by atoms with Gasteiger partial charge < -0.3 is 10.1 Å². The maximum absolute atomic E-state index is 12.4. The molecule has 1 amide bonds. The van der Waals surface area contributed by atoms with Gasteiger partial charge in [-0.3, -0.25) is 9.59 Å². The van der Waals surface area contributed by atoms with Crippen molar-refractivity contribution in [3.05, 3.63) is 77.4 Å². The molecule has 0 heterocycles. The Bertz CT molecular complexity index is 1030. The molecule has 0 aliphatic heterocycles. The SMILES string of the molecule is COc1ccc(C(C)=O)cc1CSCC(=O)N[C@H](C)c1ccc2ccccc2c1. The van der Waals surface area contributed by atoms with Gasteiger partial charge in [0.25, 0.3) is 0 Å². The van der Waals surface area contributed by atoms with Crippen LogP contribution in [0.25, 0.3) is 10.8 Å². The fourth-order valence-electron chi connectivity index (χ4n) is 3.21. The number of benzene rings is 3. The summed E-state index contributed by atoms with van der Waals surface area (Å²) in [5, 5.41) is 5.41. The smallest absolute Gasteiger partial charge is 0.230 e. The molecule has 0 bridgehead atoms. The Morgan fingerprint density at radius 1 is 1.03 bits per heavy atom. The van der Waals surface area contributed by atoms with Crippen molar-refractivity contribution in [2.75, 3.05) is 12.9 Å². The molecule has 0 aliphatic rings. The number of fused-ring (bicyclic) bond motifs is 1. The van der Waals surface area contributed by atoms with Crippen molar-refractivity contribution in [3.8, 4) is 5.75 Å². The van der Waals surface area contributed by atoms with Gasteiger partial charge >= 0.3 is 0 Å². The molecule has 3 aromatic carbocycles. The van der Waals surface area contributed by atoms with Crippen LogP contribution in [-0.2, 0) is 10.5 Å². The number of carbonyl (C=O) groups excluding carboxylic acids is 2. The Kier molecular flexibility index (Phi) is 6.94. The van der Waals surface area contributed by atoms with Crippen molar-refractivity contribution in [2.24, 2.45) is 0 Å². The van der Waals surface area contributed by atoms with Crippen LogP contribution in [0.15, 0.2) is 60.7 Å². The molecular formula is C24H25NO3S. The van der Waals surface area contributed by atoms with E-state index in [2.05, 4.69) is 35.6 Å². The lowest BCUT2D eigenvalue weighted by molar-refractivity contribution is -0.119. The van der Waals surface area contributed by atoms with Crippen LogP contribution < -0.4 is 10.1 Å². The number of amides is 1. The number of methoxy groups -OCH3 is 1. The molecule has 0 spiro atoms. The highest BCUT2D eigenvalue weighted by Crippen LogP contribution is 2.25. The maximum Gasteiger partial charge on any atom is 0.230 e. The van der Waals surface area contributed by atoms with Gasteiger partial charge in [0, 0.05) is 16.9 Å². The summed E-state index contributed by atoms with van der Waals surface area (Å²) in [6.45, 7) is 3.53. The van der Waals surface area contributed by atoms with Gasteiger partial charge in [0.1, 0.15) is 5.75 Å². The van der Waals surface area contributed by atoms with E-state index in [1.54, 1.807) is 26.2 Å². The lowest BCUT2D eigenvalue weighted by atomic mass is 10.0. The van der Waals surface area contributed by atoms with E-state index in [0.717, 1.165) is 22.3 Å². The van der Waals surface area contributed by atoms with E-state index in [9.17, 15) is 9.59 Å². The summed E-state index contributed by atoms with van der Waals surface area (Å²) in [4.78, 5) is 24.0. The molecule has 150 valence electrons. The van der Waals surface area contributed by atoms with Crippen molar-refractivity contribution in [1.29, 1.82) is 0 Å². The lowest BCUT2D eigenvalue weighted by Gasteiger charge is -2.15. The Balaban J connectivity index is 1.57. The van der Waals surface area contributed by atoms with E-state index in [0.29, 0.717) is 17.1 Å². The third kappa shape index (κ3) is 5.39. The molecule has 3 aromatic rings. The topological polar surface area (TPSA) is 55.4 Å². The molecular weight excluding hydrogens is 382 g/mol. The molecule has 29 heavy (non-hydrogen) atoms. The van der Waals surface area contributed by atoms with Gasteiger partial charge in [0.2, 0.25) is 5.91 Å². The first-order chi connectivity index (χ1) is 14.0. The number of hydrogen-bond acceptors (Lipinski definition) is 4. The van der Waals surface area contributed by atoms with Crippen molar-refractivity contribution in [1.82, 2.24) is 5.32 Å². The average molecular weight is 408 g/mol. The van der Waals surface area contributed by atoms with Crippen molar-refractivity contribution >= 4 is 34.2 Å². The van der Waals surface area contributed by atoms with E-state index in [4.69, 9.17) is 4.74 Å². The second-order valence-corrected chi connectivity index (χ2v) is 7.96. The summed E-state index contributed by atoms with van der Waals surface area (Å²) < 4.78 is 5.37. The summed E-state index contributed by atoms with van der Waals surface area (Å²) in [5.41, 5.74) is 2.65. The standard InChI is InChI=1S/C24H25NO3S/c1-16(19-9-8-18-6-4-5-7-21(18)12-19)25-24(27)15-29-14-22-13-20(17(2)26)10-11-23(22)28-3/h4-13,16H,14-15H2,1-3H3,(H,25,27)/t16-/m1/s1. The van der Waals surface area contributed by atoms with Gasteiger partial charge in [-0.05, 0) is 54.4 Å². The van der Waals surface area contributed by atoms with Gasteiger partial charge in [0.15, 0.2) is 5.78 Å². The highest BCUT2D eigenvalue weighted by atomic mass is 32.2. The molecule has 0 unspecified atom stereocenters. The van der Waals surface area contributed by atoms with Crippen LogP contribution in [0, 0.1) is 0 Å². The quantitative estimate of drug-likeness (QED) is 0.524. The molecule has 0 saturated heterocycles. The number of ketones is 1. The van der Waals surface area contributed by atoms with Gasteiger partial charge in [-0.15, -0.1) is 11.8 Å². The Hall–Kier alpha value is -2.79. The van der Waals surface area contributed by atoms with E-state index in [-0.39, 0.29) is 17.7 Å². The second kappa shape index (κ2) is 9.61. The van der Waals surface area contributed by atoms with Crippen molar-refractivity contribution in [3.63, 3.8) is 0 Å². The molecule has 5 heteroatoms. The van der Waals surface area contributed by atoms with E-state index >= 15 is 0 Å². The number of thioether (sulfide) groups is 1. The average Bonchev–Trinajstić information content (AvgIpc) is 2.73. The number of Topliss-reactive ketones (excluding diaryl/α,β-unsaturated/α-hetero) is 1. The Morgan fingerprint density at radius 3 is 2.52 bits per heavy atom. The summed E-state index contributed by atoms with van der Waals surface area (Å²) in [7, 11) is 1.61. The molecule has 1 atom stereocenters. The minimum absolute atomic E-state index is 0.0147. The highest BCUT2D eigenvalue weighted by Gasteiger charge is 2.12. The summed E-state index contributed by atoms with van der Waals surface area (Å²) >= 11 is 1.50. The predicted octanol–water partition coefficient (Wildman–Crippen LogP) is 5.16. The van der Waals surface area contributed by atoms with Gasteiger partial charge in [0.05, 0.1) is 18.9 Å². The van der Waals surface area contributed by atoms with Crippen LogP contribution >= 0.6 is 11.8 Å². The van der Waals surface area contributed by atoms with Gasteiger partial charge in [-0.25, -0.2) is 0 Å².